The minimum absolute atomic E-state index is 0.258. The van der Waals surface area contributed by atoms with Gasteiger partial charge >= 0.3 is 0 Å². The summed E-state index contributed by atoms with van der Waals surface area (Å²) >= 11 is 0. The lowest BCUT2D eigenvalue weighted by Gasteiger charge is -2.00. The summed E-state index contributed by atoms with van der Waals surface area (Å²) in [5.41, 5.74) is 2.89. The van der Waals surface area contributed by atoms with E-state index < -0.39 is 0 Å². The van der Waals surface area contributed by atoms with E-state index in [1.807, 2.05) is 54.9 Å². The third-order valence-electron chi connectivity index (χ3n) is 4.27. The van der Waals surface area contributed by atoms with Crippen LogP contribution in [0, 0.1) is 6.92 Å². The molecule has 26 heavy (non-hydrogen) atoms. The van der Waals surface area contributed by atoms with Gasteiger partial charge in [-0.15, -0.1) is 0 Å². The Hall–Kier alpha value is -3.35. The summed E-state index contributed by atoms with van der Waals surface area (Å²) in [5, 5.41) is 15.4. The molecule has 0 aliphatic rings. The van der Waals surface area contributed by atoms with Crippen LogP contribution >= 0.6 is 0 Å². The summed E-state index contributed by atoms with van der Waals surface area (Å²) in [5.74, 6) is 1.20. The first-order chi connectivity index (χ1) is 12.7. The van der Waals surface area contributed by atoms with Crippen LogP contribution in [0.4, 0.5) is 0 Å². The number of nitrogens with one attached hydrogen (secondary N) is 2. The lowest BCUT2D eigenvalue weighted by atomic mass is 10.2. The number of aryl methyl sites for hydroxylation is 2. The molecular formula is C19H19N5O2. The van der Waals surface area contributed by atoms with E-state index in [1.165, 1.54) is 0 Å². The summed E-state index contributed by atoms with van der Waals surface area (Å²) in [6.07, 6.45) is 0. The number of carbonyl (C=O) groups is 1. The van der Waals surface area contributed by atoms with E-state index in [0.29, 0.717) is 23.7 Å². The quantitative estimate of drug-likeness (QED) is 0.579. The number of furan rings is 1. The van der Waals surface area contributed by atoms with Gasteiger partial charge in [0, 0.05) is 18.0 Å². The molecule has 0 saturated carbocycles. The van der Waals surface area contributed by atoms with Crippen molar-refractivity contribution in [2.45, 2.75) is 26.9 Å². The monoisotopic (exact) mass is 349 g/mol. The first-order valence-electron chi connectivity index (χ1n) is 8.50. The van der Waals surface area contributed by atoms with Crippen LogP contribution in [0.5, 0.6) is 0 Å². The van der Waals surface area contributed by atoms with Crippen LogP contribution in [0.1, 0.15) is 28.9 Å². The number of amides is 1. The molecule has 0 saturated heterocycles. The van der Waals surface area contributed by atoms with Gasteiger partial charge in [-0.1, -0.05) is 18.2 Å². The van der Waals surface area contributed by atoms with Crippen molar-refractivity contribution in [3.05, 3.63) is 59.6 Å². The van der Waals surface area contributed by atoms with Crippen LogP contribution in [0.25, 0.3) is 22.4 Å². The third kappa shape index (κ3) is 2.88. The first-order valence-corrected chi connectivity index (χ1v) is 8.50. The highest BCUT2D eigenvalue weighted by Crippen LogP contribution is 2.21. The van der Waals surface area contributed by atoms with E-state index in [9.17, 15) is 4.79 Å². The minimum atomic E-state index is -0.258. The van der Waals surface area contributed by atoms with Crippen molar-refractivity contribution in [3.63, 3.8) is 0 Å². The molecule has 0 aliphatic heterocycles. The number of hydrogen-bond donors (Lipinski definition) is 2. The molecule has 0 unspecified atom stereocenters. The van der Waals surface area contributed by atoms with E-state index >= 15 is 0 Å². The Morgan fingerprint density at radius 2 is 2.12 bits per heavy atom. The molecule has 1 amide bonds. The van der Waals surface area contributed by atoms with E-state index in [0.717, 1.165) is 28.9 Å². The van der Waals surface area contributed by atoms with Crippen molar-refractivity contribution in [2.75, 3.05) is 0 Å². The smallest absolute Gasteiger partial charge is 0.272 e. The Bertz CT molecular complexity index is 1070. The zero-order valence-electron chi connectivity index (χ0n) is 14.6. The molecule has 3 heterocycles. The number of benzene rings is 1. The standard InChI is InChI=1S/C19H19N5O2/c1-3-24-17-7-5-4-6-13(17)16(23-24)11-20-19(25)15-10-14(21-22-15)18-9-8-12(2)26-18/h4-10H,3,11H2,1-2H3,(H,20,25)(H,21,22). The van der Waals surface area contributed by atoms with Crippen molar-refractivity contribution in [1.82, 2.24) is 25.3 Å². The van der Waals surface area contributed by atoms with E-state index in [-0.39, 0.29) is 5.91 Å². The van der Waals surface area contributed by atoms with Crippen LogP contribution < -0.4 is 5.32 Å². The average Bonchev–Trinajstić information content (AvgIpc) is 3.37. The second-order valence-corrected chi connectivity index (χ2v) is 6.04. The van der Waals surface area contributed by atoms with Crippen LogP contribution in [0.3, 0.4) is 0 Å². The lowest BCUT2D eigenvalue weighted by molar-refractivity contribution is 0.0945. The maximum absolute atomic E-state index is 12.4. The van der Waals surface area contributed by atoms with Crippen molar-refractivity contribution in [3.8, 4) is 11.5 Å². The number of hydrogen-bond acceptors (Lipinski definition) is 4. The number of aromatic nitrogens is 4. The molecule has 3 aromatic heterocycles. The van der Waals surface area contributed by atoms with Gasteiger partial charge in [0.15, 0.2) is 11.5 Å². The van der Waals surface area contributed by atoms with Gasteiger partial charge in [-0.25, -0.2) is 0 Å². The van der Waals surface area contributed by atoms with Crippen LogP contribution in [0.2, 0.25) is 0 Å². The van der Waals surface area contributed by atoms with Gasteiger partial charge in [-0.3, -0.25) is 14.6 Å². The summed E-state index contributed by atoms with van der Waals surface area (Å²) in [6.45, 7) is 5.03. The second kappa shape index (κ2) is 6.51. The maximum atomic E-state index is 12.4. The number of carbonyl (C=O) groups excluding carboxylic acids is 1. The fourth-order valence-corrected chi connectivity index (χ4v) is 2.97. The second-order valence-electron chi connectivity index (χ2n) is 6.04. The highest BCUT2D eigenvalue weighted by Gasteiger charge is 2.15. The molecule has 7 heteroatoms. The number of aromatic amines is 1. The van der Waals surface area contributed by atoms with Crippen molar-refractivity contribution in [2.24, 2.45) is 0 Å². The maximum Gasteiger partial charge on any atom is 0.272 e. The topological polar surface area (TPSA) is 88.7 Å². The van der Waals surface area contributed by atoms with Crippen LogP contribution in [0.15, 0.2) is 46.9 Å². The van der Waals surface area contributed by atoms with E-state index in [2.05, 4.69) is 20.6 Å². The van der Waals surface area contributed by atoms with Gasteiger partial charge in [0.2, 0.25) is 0 Å². The number of rotatable bonds is 5. The molecule has 1 aromatic carbocycles. The minimum Gasteiger partial charge on any atom is -0.460 e. The van der Waals surface area contributed by atoms with Gasteiger partial charge in [0.05, 0.1) is 17.8 Å². The Balaban J connectivity index is 1.50. The van der Waals surface area contributed by atoms with Crippen molar-refractivity contribution < 1.29 is 9.21 Å². The summed E-state index contributed by atoms with van der Waals surface area (Å²) in [4.78, 5) is 12.4. The van der Waals surface area contributed by atoms with Gasteiger partial charge in [-0.2, -0.15) is 10.2 Å². The van der Waals surface area contributed by atoms with Gasteiger partial charge in [-0.05, 0) is 32.0 Å². The van der Waals surface area contributed by atoms with Gasteiger partial charge in [0.25, 0.3) is 5.91 Å². The van der Waals surface area contributed by atoms with Crippen molar-refractivity contribution in [1.29, 1.82) is 0 Å². The predicted octanol–water partition coefficient (Wildman–Crippen LogP) is 3.28. The zero-order valence-corrected chi connectivity index (χ0v) is 14.6. The molecule has 0 spiro atoms. The highest BCUT2D eigenvalue weighted by molar-refractivity contribution is 5.93. The highest BCUT2D eigenvalue weighted by atomic mass is 16.3. The normalized spacial score (nSPS) is 11.2. The molecule has 4 rings (SSSR count). The number of nitrogens with zero attached hydrogens (tertiary/aromatic N) is 3. The fourth-order valence-electron chi connectivity index (χ4n) is 2.97. The fraction of sp³-hybridized carbons (Fsp3) is 0.211. The summed E-state index contributed by atoms with van der Waals surface area (Å²) in [7, 11) is 0. The SMILES string of the molecule is CCn1nc(CNC(=O)c2cc(-c3ccc(C)o3)[nH]n2)c2ccccc21. The molecule has 0 bridgehead atoms. The first kappa shape index (κ1) is 16.1. The largest absolute Gasteiger partial charge is 0.460 e. The molecular weight excluding hydrogens is 330 g/mol. The lowest BCUT2D eigenvalue weighted by Crippen LogP contribution is -2.23. The van der Waals surface area contributed by atoms with Gasteiger partial charge in [0.1, 0.15) is 11.5 Å². The van der Waals surface area contributed by atoms with E-state index in [1.54, 1.807) is 6.07 Å². The summed E-state index contributed by atoms with van der Waals surface area (Å²) < 4.78 is 7.47. The Kier molecular flexibility index (Phi) is 4.04. The molecule has 0 atom stereocenters. The molecule has 0 fully saturated rings. The summed E-state index contributed by atoms with van der Waals surface area (Å²) in [6, 6.07) is 13.4. The predicted molar refractivity (Wildman–Crippen MR) is 97.6 cm³/mol. The van der Waals surface area contributed by atoms with Crippen LogP contribution in [-0.2, 0) is 13.1 Å². The Morgan fingerprint density at radius 1 is 1.27 bits per heavy atom. The Labute approximate surface area is 150 Å². The van der Waals surface area contributed by atoms with Crippen molar-refractivity contribution >= 4 is 16.8 Å². The number of H-pyrrole nitrogens is 1. The Morgan fingerprint density at radius 3 is 2.88 bits per heavy atom. The molecule has 4 aromatic rings. The molecule has 0 aliphatic carbocycles. The van der Waals surface area contributed by atoms with Gasteiger partial charge < -0.3 is 9.73 Å². The van der Waals surface area contributed by atoms with Crippen LogP contribution in [-0.4, -0.2) is 25.9 Å². The number of para-hydroxylation sites is 1. The zero-order chi connectivity index (χ0) is 18.1. The number of fused-ring (bicyclic) bond motifs is 1. The molecule has 2 N–H and O–H groups in total. The molecule has 7 nitrogen and oxygen atoms in total. The third-order valence-corrected chi connectivity index (χ3v) is 4.27. The molecule has 132 valence electrons. The average molecular weight is 349 g/mol. The molecule has 0 radical (unpaired) electrons. The van der Waals surface area contributed by atoms with E-state index in [4.69, 9.17) is 4.42 Å².